The van der Waals surface area contributed by atoms with Crippen molar-refractivity contribution < 1.29 is 19.1 Å². The normalized spacial score (nSPS) is 18.3. The Morgan fingerprint density at radius 2 is 2.20 bits per heavy atom. The van der Waals surface area contributed by atoms with Gasteiger partial charge in [0.25, 0.3) is 6.10 Å². The molecule has 0 bridgehead atoms. The third kappa shape index (κ3) is 1.48. The monoisotopic (exact) mass is 206 g/mol. The highest BCUT2D eigenvalue weighted by Crippen LogP contribution is 2.29. The van der Waals surface area contributed by atoms with Gasteiger partial charge >= 0.3 is 5.97 Å². The highest BCUT2D eigenvalue weighted by molar-refractivity contribution is 6.15. The van der Waals surface area contributed by atoms with Gasteiger partial charge in [0, 0.05) is 0 Å². The molecule has 0 N–H and O–H groups in total. The second-order valence-corrected chi connectivity index (χ2v) is 3.38. The molecule has 1 unspecified atom stereocenters. The highest BCUT2D eigenvalue weighted by atomic mass is 16.6. The Labute approximate surface area is 86.8 Å². The molecule has 1 aromatic rings. The molecular formula is C11H10O4. The fourth-order valence-electron chi connectivity index (χ4n) is 1.51. The van der Waals surface area contributed by atoms with Crippen LogP contribution in [0.4, 0.5) is 0 Å². The average Bonchev–Trinajstić information content (AvgIpc) is 2.54. The van der Waals surface area contributed by atoms with Gasteiger partial charge < -0.3 is 9.47 Å². The Kier molecular flexibility index (Phi) is 2.19. The van der Waals surface area contributed by atoms with Gasteiger partial charge in [-0.15, -0.1) is 0 Å². The van der Waals surface area contributed by atoms with Crippen molar-refractivity contribution in [2.24, 2.45) is 0 Å². The SMILES string of the molecule is COC(=O)C1Oc2cc(C)ccc2C1=O. The number of fused-ring (bicyclic) bond motifs is 1. The molecule has 0 radical (unpaired) electrons. The molecule has 1 aliphatic heterocycles. The predicted octanol–water partition coefficient (Wildman–Crippen LogP) is 1.11. The summed E-state index contributed by atoms with van der Waals surface area (Å²) >= 11 is 0. The third-order valence-corrected chi connectivity index (χ3v) is 2.30. The molecule has 0 spiro atoms. The van der Waals surface area contributed by atoms with Crippen LogP contribution in [0.1, 0.15) is 15.9 Å². The number of methoxy groups -OCH3 is 1. The smallest absolute Gasteiger partial charge is 0.355 e. The van der Waals surface area contributed by atoms with Crippen molar-refractivity contribution in [1.29, 1.82) is 0 Å². The van der Waals surface area contributed by atoms with Gasteiger partial charge in [-0.1, -0.05) is 6.07 Å². The highest BCUT2D eigenvalue weighted by Gasteiger charge is 2.38. The van der Waals surface area contributed by atoms with Gasteiger partial charge in [0.05, 0.1) is 12.7 Å². The number of esters is 1. The first-order valence-corrected chi connectivity index (χ1v) is 4.53. The molecule has 1 atom stereocenters. The molecule has 78 valence electrons. The molecule has 0 aliphatic carbocycles. The summed E-state index contributed by atoms with van der Waals surface area (Å²) in [5.41, 5.74) is 1.42. The van der Waals surface area contributed by atoms with Gasteiger partial charge in [0.15, 0.2) is 0 Å². The molecule has 1 aliphatic rings. The number of Topliss-reactive ketones (excluding diaryl/α,β-unsaturated/α-hetero) is 1. The molecule has 1 aromatic carbocycles. The van der Waals surface area contributed by atoms with E-state index in [4.69, 9.17) is 4.74 Å². The van der Waals surface area contributed by atoms with Crippen LogP contribution >= 0.6 is 0 Å². The standard InChI is InChI=1S/C11H10O4/c1-6-3-4-7-8(5-6)15-10(9(7)12)11(13)14-2/h3-5,10H,1-2H3. The van der Waals surface area contributed by atoms with Gasteiger partial charge in [0.1, 0.15) is 5.75 Å². The molecule has 2 rings (SSSR count). The first-order chi connectivity index (χ1) is 7.13. The number of carbonyl (C=O) groups excluding carboxylic acids is 2. The van der Waals surface area contributed by atoms with Crippen molar-refractivity contribution >= 4 is 11.8 Å². The minimum atomic E-state index is -1.13. The van der Waals surface area contributed by atoms with Crippen LogP contribution in [0, 0.1) is 6.92 Å². The summed E-state index contributed by atoms with van der Waals surface area (Å²) < 4.78 is 9.71. The van der Waals surface area contributed by atoms with E-state index in [1.54, 1.807) is 18.2 Å². The van der Waals surface area contributed by atoms with Crippen LogP contribution in [0.25, 0.3) is 0 Å². The molecule has 0 aromatic heterocycles. The summed E-state index contributed by atoms with van der Waals surface area (Å²) in [5, 5.41) is 0. The lowest BCUT2D eigenvalue weighted by Gasteiger charge is -2.05. The second kappa shape index (κ2) is 3.38. The van der Waals surface area contributed by atoms with Crippen molar-refractivity contribution in [1.82, 2.24) is 0 Å². The van der Waals surface area contributed by atoms with Gasteiger partial charge in [-0.2, -0.15) is 0 Å². The fraction of sp³-hybridized carbons (Fsp3) is 0.273. The Hall–Kier alpha value is -1.84. The van der Waals surface area contributed by atoms with E-state index < -0.39 is 12.1 Å². The zero-order chi connectivity index (χ0) is 11.0. The molecule has 0 amide bonds. The molecular weight excluding hydrogens is 196 g/mol. The zero-order valence-corrected chi connectivity index (χ0v) is 8.44. The maximum atomic E-state index is 11.7. The number of hydrogen-bond acceptors (Lipinski definition) is 4. The van der Waals surface area contributed by atoms with Gasteiger partial charge in [0.2, 0.25) is 5.78 Å². The minimum absolute atomic E-state index is 0.336. The summed E-state index contributed by atoms with van der Waals surface area (Å²) in [7, 11) is 1.23. The van der Waals surface area contributed by atoms with Crippen LogP contribution in [0.5, 0.6) is 5.75 Å². The maximum Gasteiger partial charge on any atom is 0.355 e. The van der Waals surface area contributed by atoms with E-state index >= 15 is 0 Å². The van der Waals surface area contributed by atoms with Crippen molar-refractivity contribution in [3.8, 4) is 5.75 Å². The summed E-state index contributed by atoms with van der Waals surface area (Å²) in [6.07, 6.45) is -1.13. The molecule has 0 saturated heterocycles. The summed E-state index contributed by atoms with van der Waals surface area (Å²) in [6, 6.07) is 5.20. The Bertz CT molecular complexity index is 436. The number of aryl methyl sites for hydroxylation is 1. The number of rotatable bonds is 1. The summed E-state index contributed by atoms with van der Waals surface area (Å²) in [6.45, 7) is 1.89. The van der Waals surface area contributed by atoms with Gasteiger partial charge in [-0.25, -0.2) is 4.79 Å². The van der Waals surface area contributed by atoms with E-state index in [-0.39, 0.29) is 5.78 Å². The van der Waals surface area contributed by atoms with Gasteiger partial charge in [-0.05, 0) is 24.6 Å². The van der Waals surface area contributed by atoms with Crippen molar-refractivity contribution in [3.63, 3.8) is 0 Å². The molecule has 0 saturated carbocycles. The predicted molar refractivity (Wildman–Crippen MR) is 51.9 cm³/mol. The van der Waals surface area contributed by atoms with Crippen LogP contribution < -0.4 is 4.74 Å². The fourth-order valence-corrected chi connectivity index (χ4v) is 1.51. The minimum Gasteiger partial charge on any atom is -0.470 e. The van der Waals surface area contributed by atoms with Crippen molar-refractivity contribution in [3.05, 3.63) is 29.3 Å². The maximum absolute atomic E-state index is 11.7. The number of carbonyl (C=O) groups is 2. The molecule has 4 nitrogen and oxygen atoms in total. The van der Waals surface area contributed by atoms with Crippen LogP contribution in [-0.2, 0) is 9.53 Å². The molecule has 0 fully saturated rings. The Morgan fingerprint density at radius 1 is 1.47 bits per heavy atom. The first kappa shape index (κ1) is 9.71. The first-order valence-electron chi connectivity index (χ1n) is 4.53. The van der Waals surface area contributed by atoms with Crippen LogP contribution in [0.15, 0.2) is 18.2 Å². The van der Waals surface area contributed by atoms with E-state index in [0.717, 1.165) is 5.56 Å². The third-order valence-electron chi connectivity index (χ3n) is 2.30. The van der Waals surface area contributed by atoms with E-state index in [1.807, 2.05) is 6.92 Å². The Balaban J connectivity index is 2.37. The van der Waals surface area contributed by atoms with Crippen molar-refractivity contribution in [2.75, 3.05) is 7.11 Å². The van der Waals surface area contributed by atoms with E-state index in [2.05, 4.69) is 4.74 Å². The lowest BCUT2D eigenvalue weighted by molar-refractivity contribution is -0.145. The van der Waals surface area contributed by atoms with Crippen LogP contribution in [-0.4, -0.2) is 25.0 Å². The summed E-state index contributed by atoms with van der Waals surface area (Å²) in [4.78, 5) is 22.9. The largest absolute Gasteiger partial charge is 0.470 e. The lowest BCUT2D eigenvalue weighted by atomic mass is 10.1. The van der Waals surface area contributed by atoms with E-state index in [1.165, 1.54) is 7.11 Å². The van der Waals surface area contributed by atoms with Crippen molar-refractivity contribution in [2.45, 2.75) is 13.0 Å². The van der Waals surface area contributed by atoms with E-state index in [0.29, 0.717) is 11.3 Å². The Morgan fingerprint density at radius 3 is 2.87 bits per heavy atom. The second-order valence-electron chi connectivity index (χ2n) is 3.38. The molecule has 1 heterocycles. The van der Waals surface area contributed by atoms with Crippen LogP contribution in [0.3, 0.4) is 0 Å². The molecule has 4 heteroatoms. The number of ether oxygens (including phenoxy) is 2. The van der Waals surface area contributed by atoms with Crippen LogP contribution in [0.2, 0.25) is 0 Å². The van der Waals surface area contributed by atoms with Gasteiger partial charge in [-0.3, -0.25) is 4.79 Å². The van der Waals surface area contributed by atoms with E-state index in [9.17, 15) is 9.59 Å². The number of hydrogen-bond donors (Lipinski definition) is 0. The average molecular weight is 206 g/mol. The zero-order valence-electron chi connectivity index (χ0n) is 8.44. The molecule has 15 heavy (non-hydrogen) atoms. The summed E-state index contributed by atoms with van der Waals surface area (Å²) in [5.74, 6) is -0.541. The number of ketones is 1. The quantitative estimate of drug-likeness (QED) is 0.510. The lowest BCUT2D eigenvalue weighted by Crippen LogP contribution is -2.31. The topological polar surface area (TPSA) is 52.6 Å². The number of benzene rings is 1.